The molecule has 0 fully saturated rings. The van der Waals surface area contributed by atoms with Crippen LogP contribution < -0.4 is 10.1 Å². The van der Waals surface area contributed by atoms with Gasteiger partial charge < -0.3 is 10.1 Å². The normalized spacial score (nSPS) is 11.8. The number of hydrogen-bond acceptors (Lipinski definition) is 3. The molecule has 0 heterocycles. The quantitative estimate of drug-likeness (QED) is 0.599. The Bertz CT molecular complexity index is 736. The molecule has 0 aliphatic heterocycles. The maximum atomic E-state index is 12.4. The van der Waals surface area contributed by atoms with Gasteiger partial charge in [0.15, 0.2) is 6.10 Å². The van der Waals surface area contributed by atoms with Crippen molar-refractivity contribution in [1.82, 2.24) is 5.32 Å². The van der Waals surface area contributed by atoms with Gasteiger partial charge in [-0.1, -0.05) is 42.8 Å². The molecule has 1 unspecified atom stereocenters. The fraction of sp³-hybridized carbons (Fsp3) is 0.381. The highest BCUT2D eigenvalue weighted by atomic mass is 35.5. The second-order valence-electron chi connectivity index (χ2n) is 6.26. The number of rotatable bonds is 9. The van der Waals surface area contributed by atoms with Crippen LogP contribution in [0.25, 0.3) is 0 Å². The lowest BCUT2D eigenvalue weighted by Gasteiger charge is -2.19. The molecule has 0 bridgehead atoms. The molecule has 140 valence electrons. The lowest BCUT2D eigenvalue weighted by atomic mass is 10.1. The van der Waals surface area contributed by atoms with Crippen LogP contribution in [-0.4, -0.2) is 24.3 Å². The van der Waals surface area contributed by atoms with Crippen molar-refractivity contribution in [3.05, 3.63) is 64.2 Å². The SMILES string of the molecule is CCC(Oc1cc(C)ccc1C)C(=O)NCCSCc1cccc(Cl)c1. The number of aryl methyl sites for hydroxylation is 2. The van der Waals surface area contributed by atoms with E-state index in [0.29, 0.717) is 13.0 Å². The molecule has 5 heteroatoms. The van der Waals surface area contributed by atoms with Crippen molar-refractivity contribution < 1.29 is 9.53 Å². The molecule has 0 aromatic heterocycles. The predicted octanol–water partition coefficient (Wildman–Crippen LogP) is 5.16. The van der Waals surface area contributed by atoms with Gasteiger partial charge in [-0.25, -0.2) is 0 Å². The molecular formula is C21H26ClNO2S. The molecule has 0 aliphatic rings. The zero-order valence-electron chi connectivity index (χ0n) is 15.5. The highest BCUT2D eigenvalue weighted by molar-refractivity contribution is 7.98. The predicted molar refractivity (Wildman–Crippen MR) is 111 cm³/mol. The highest BCUT2D eigenvalue weighted by Gasteiger charge is 2.18. The summed E-state index contributed by atoms with van der Waals surface area (Å²) in [4.78, 5) is 12.4. The van der Waals surface area contributed by atoms with Gasteiger partial charge in [-0.05, 0) is 55.2 Å². The van der Waals surface area contributed by atoms with Gasteiger partial charge >= 0.3 is 0 Å². The Morgan fingerprint density at radius 2 is 2.04 bits per heavy atom. The van der Waals surface area contributed by atoms with E-state index in [1.54, 1.807) is 11.8 Å². The first-order valence-electron chi connectivity index (χ1n) is 8.83. The zero-order chi connectivity index (χ0) is 18.9. The summed E-state index contributed by atoms with van der Waals surface area (Å²) in [6.45, 7) is 6.59. The van der Waals surface area contributed by atoms with E-state index in [2.05, 4.69) is 11.4 Å². The minimum atomic E-state index is -0.464. The molecule has 0 spiro atoms. The molecule has 26 heavy (non-hydrogen) atoms. The van der Waals surface area contributed by atoms with Crippen molar-refractivity contribution in [3.63, 3.8) is 0 Å². The standard InChI is InChI=1S/C21H26ClNO2S/c1-4-19(25-20-12-15(2)8-9-16(20)3)21(24)23-10-11-26-14-17-6-5-7-18(22)13-17/h5-9,12-13,19H,4,10-11,14H2,1-3H3,(H,23,24). The third kappa shape index (κ3) is 6.58. The van der Waals surface area contributed by atoms with E-state index in [-0.39, 0.29) is 5.91 Å². The Labute approximate surface area is 165 Å². The van der Waals surface area contributed by atoms with E-state index in [0.717, 1.165) is 33.4 Å². The summed E-state index contributed by atoms with van der Waals surface area (Å²) in [6, 6.07) is 13.9. The molecule has 0 saturated carbocycles. The first kappa shape index (κ1) is 20.7. The summed E-state index contributed by atoms with van der Waals surface area (Å²) >= 11 is 7.76. The minimum absolute atomic E-state index is 0.0586. The smallest absolute Gasteiger partial charge is 0.261 e. The zero-order valence-corrected chi connectivity index (χ0v) is 17.1. The van der Waals surface area contributed by atoms with Gasteiger partial charge in [0.25, 0.3) is 5.91 Å². The van der Waals surface area contributed by atoms with Crippen molar-refractivity contribution >= 4 is 29.3 Å². The molecule has 1 atom stereocenters. The molecule has 2 aromatic rings. The average Bonchev–Trinajstić information content (AvgIpc) is 2.62. The summed E-state index contributed by atoms with van der Waals surface area (Å²) < 4.78 is 5.94. The van der Waals surface area contributed by atoms with Crippen molar-refractivity contribution in [3.8, 4) is 5.75 Å². The molecule has 3 nitrogen and oxygen atoms in total. The van der Waals surface area contributed by atoms with Crippen LogP contribution in [0.3, 0.4) is 0 Å². The minimum Gasteiger partial charge on any atom is -0.480 e. The van der Waals surface area contributed by atoms with Gasteiger partial charge in [0, 0.05) is 23.1 Å². The van der Waals surface area contributed by atoms with Crippen molar-refractivity contribution in [1.29, 1.82) is 0 Å². The Morgan fingerprint density at radius 3 is 2.77 bits per heavy atom. The van der Waals surface area contributed by atoms with Crippen LogP contribution in [0.1, 0.15) is 30.0 Å². The average molecular weight is 392 g/mol. The number of hydrogen-bond donors (Lipinski definition) is 1. The van der Waals surface area contributed by atoms with Crippen LogP contribution >= 0.6 is 23.4 Å². The Kier molecular flexibility index (Phi) is 8.33. The van der Waals surface area contributed by atoms with Crippen LogP contribution in [0.2, 0.25) is 5.02 Å². The molecule has 2 rings (SSSR count). The van der Waals surface area contributed by atoms with Gasteiger partial charge in [0.05, 0.1) is 0 Å². The van der Waals surface area contributed by atoms with Gasteiger partial charge in [-0.15, -0.1) is 0 Å². The largest absolute Gasteiger partial charge is 0.480 e. The van der Waals surface area contributed by atoms with Gasteiger partial charge in [-0.3, -0.25) is 4.79 Å². The number of ether oxygens (including phenoxy) is 1. The second-order valence-corrected chi connectivity index (χ2v) is 7.80. The van der Waals surface area contributed by atoms with Gasteiger partial charge in [-0.2, -0.15) is 11.8 Å². The van der Waals surface area contributed by atoms with Crippen molar-refractivity contribution in [2.75, 3.05) is 12.3 Å². The third-order valence-electron chi connectivity index (χ3n) is 3.98. The summed E-state index contributed by atoms with van der Waals surface area (Å²) in [5.74, 6) is 2.45. The van der Waals surface area contributed by atoms with Gasteiger partial charge in [0.2, 0.25) is 0 Å². The monoisotopic (exact) mass is 391 g/mol. The Morgan fingerprint density at radius 1 is 1.23 bits per heavy atom. The number of halogens is 1. The maximum Gasteiger partial charge on any atom is 0.261 e. The van der Waals surface area contributed by atoms with Crippen molar-refractivity contribution in [2.45, 2.75) is 39.0 Å². The summed E-state index contributed by atoms with van der Waals surface area (Å²) in [5.41, 5.74) is 3.36. The van der Waals surface area contributed by atoms with E-state index >= 15 is 0 Å². The maximum absolute atomic E-state index is 12.4. The van der Waals surface area contributed by atoms with E-state index in [4.69, 9.17) is 16.3 Å². The summed E-state index contributed by atoms with van der Waals surface area (Å²) in [5, 5.41) is 3.73. The van der Waals surface area contributed by atoms with Crippen LogP contribution in [0.4, 0.5) is 0 Å². The van der Waals surface area contributed by atoms with Crippen LogP contribution in [-0.2, 0) is 10.5 Å². The van der Waals surface area contributed by atoms with E-state index in [9.17, 15) is 4.79 Å². The van der Waals surface area contributed by atoms with Crippen LogP contribution in [0.5, 0.6) is 5.75 Å². The van der Waals surface area contributed by atoms with E-state index in [1.807, 2.05) is 57.2 Å². The molecule has 1 N–H and O–H groups in total. The fourth-order valence-corrected chi connectivity index (χ4v) is 3.51. The Hall–Kier alpha value is -1.65. The number of nitrogens with one attached hydrogen (secondary N) is 1. The molecule has 1 amide bonds. The lowest BCUT2D eigenvalue weighted by molar-refractivity contribution is -0.128. The molecular weight excluding hydrogens is 366 g/mol. The molecule has 2 aromatic carbocycles. The number of amides is 1. The Balaban J connectivity index is 1.75. The van der Waals surface area contributed by atoms with E-state index < -0.39 is 6.10 Å². The molecule has 0 radical (unpaired) electrons. The van der Waals surface area contributed by atoms with Gasteiger partial charge in [0.1, 0.15) is 5.75 Å². The summed E-state index contributed by atoms with van der Waals surface area (Å²) in [6.07, 6.45) is 0.169. The summed E-state index contributed by atoms with van der Waals surface area (Å²) in [7, 11) is 0. The number of carbonyl (C=O) groups is 1. The molecule has 0 saturated heterocycles. The first-order valence-corrected chi connectivity index (χ1v) is 10.4. The first-order chi connectivity index (χ1) is 12.5. The fourth-order valence-electron chi connectivity index (χ4n) is 2.49. The lowest BCUT2D eigenvalue weighted by Crippen LogP contribution is -2.39. The van der Waals surface area contributed by atoms with Crippen LogP contribution in [0, 0.1) is 13.8 Å². The second kappa shape index (κ2) is 10.5. The third-order valence-corrected chi connectivity index (χ3v) is 5.24. The highest BCUT2D eigenvalue weighted by Crippen LogP contribution is 2.21. The molecule has 0 aliphatic carbocycles. The van der Waals surface area contributed by atoms with E-state index in [1.165, 1.54) is 5.56 Å². The van der Waals surface area contributed by atoms with Crippen LogP contribution in [0.15, 0.2) is 42.5 Å². The number of carbonyl (C=O) groups excluding carboxylic acids is 1. The van der Waals surface area contributed by atoms with Crippen molar-refractivity contribution in [2.24, 2.45) is 0 Å². The number of thioether (sulfide) groups is 1. The number of benzene rings is 2. The topological polar surface area (TPSA) is 38.3 Å².